The Hall–Kier alpha value is -1.13. The number of anilines is 1. The van der Waals surface area contributed by atoms with Gasteiger partial charge >= 0.3 is 0 Å². The van der Waals surface area contributed by atoms with Crippen LogP contribution in [0.3, 0.4) is 0 Å². The number of rotatable bonds is 7. The smallest absolute Gasteiger partial charge is 0.238 e. The SMILES string of the molecule is CCCN(CC(=O)Nc1ccc(F)c(Cl)c1)CC1CC1. The van der Waals surface area contributed by atoms with Crippen LogP contribution in [0.25, 0.3) is 0 Å². The van der Waals surface area contributed by atoms with E-state index in [4.69, 9.17) is 11.6 Å². The summed E-state index contributed by atoms with van der Waals surface area (Å²) in [6.45, 7) is 4.40. The minimum absolute atomic E-state index is 0.0196. The maximum atomic E-state index is 13.0. The van der Waals surface area contributed by atoms with Crippen LogP contribution in [-0.2, 0) is 4.79 Å². The van der Waals surface area contributed by atoms with Crippen LogP contribution in [-0.4, -0.2) is 30.4 Å². The van der Waals surface area contributed by atoms with Crippen LogP contribution in [0.2, 0.25) is 5.02 Å². The summed E-state index contributed by atoms with van der Waals surface area (Å²) >= 11 is 5.69. The molecule has 0 radical (unpaired) electrons. The summed E-state index contributed by atoms with van der Waals surface area (Å²) in [6.07, 6.45) is 3.58. The highest BCUT2D eigenvalue weighted by Gasteiger charge is 2.24. The van der Waals surface area contributed by atoms with Crippen molar-refractivity contribution in [2.45, 2.75) is 26.2 Å². The van der Waals surface area contributed by atoms with Gasteiger partial charge in [0, 0.05) is 12.2 Å². The average molecular weight is 299 g/mol. The van der Waals surface area contributed by atoms with Gasteiger partial charge in [0.15, 0.2) is 0 Å². The standard InChI is InChI=1S/C15H20ClFN2O/c1-2-7-19(9-11-3-4-11)10-15(20)18-12-5-6-14(17)13(16)8-12/h5-6,8,11H,2-4,7,9-10H2,1H3,(H,18,20). The number of nitrogens with one attached hydrogen (secondary N) is 1. The van der Waals surface area contributed by atoms with E-state index in [0.29, 0.717) is 12.2 Å². The summed E-state index contributed by atoms with van der Waals surface area (Å²) in [6, 6.07) is 4.20. The first-order chi connectivity index (χ1) is 9.58. The molecule has 1 aromatic carbocycles. The zero-order valence-electron chi connectivity index (χ0n) is 11.7. The molecular weight excluding hydrogens is 279 g/mol. The van der Waals surface area contributed by atoms with Crippen molar-refractivity contribution in [3.8, 4) is 0 Å². The lowest BCUT2D eigenvalue weighted by atomic mass is 10.3. The van der Waals surface area contributed by atoms with Crippen molar-refractivity contribution >= 4 is 23.2 Å². The van der Waals surface area contributed by atoms with Crippen LogP contribution in [0.5, 0.6) is 0 Å². The van der Waals surface area contributed by atoms with Crippen molar-refractivity contribution in [2.24, 2.45) is 5.92 Å². The number of hydrogen-bond donors (Lipinski definition) is 1. The van der Waals surface area contributed by atoms with Gasteiger partial charge in [0.2, 0.25) is 5.91 Å². The van der Waals surface area contributed by atoms with Gasteiger partial charge in [0.05, 0.1) is 11.6 Å². The minimum atomic E-state index is -0.481. The molecule has 110 valence electrons. The molecule has 0 aromatic heterocycles. The summed E-state index contributed by atoms with van der Waals surface area (Å²) in [5.74, 6) is 0.197. The molecule has 1 fully saturated rings. The number of amides is 1. The molecular formula is C15H20ClFN2O. The fraction of sp³-hybridized carbons (Fsp3) is 0.533. The lowest BCUT2D eigenvalue weighted by molar-refractivity contribution is -0.117. The molecule has 0 aliphatic heterocycles. The predicted molar refractivity (Wildman–Crippen MR) is 79.5 cm³/mol. The Morgan fingerprint density at radius 2 is 2.25 bits per heavy atom. The monoisotopic (exact) mass is 298 g/mol. The predicted octanol–water partition coefficient (Wildman–Crippen LogP) is 3.54. The number of carbonyl (C=O) groups excluding carboxylic acids is 1. The lowest BCUT2D eigenvalue weighted by Gasteiger charge is -2.20. The highest BCUT2D eigenvalue weighted by atomic mass is 35.5. The van der Waals surface area contributed by atoms with Crippen molar-refractivity contribution in [2.75, 3.05) is 25.0 Å². The van der Waals surface area contributed by atoms with Gasteiger partial charge in [-0.25, -0.2) is 4.39 Å². The van der Waals surface area contributed by atoms with Gasteiger partial charge < -0.3 is 5.32 Å². The van der Waals surface area contributed by atoms with E-state index >= 15 is 0 Å². The summed E-state index contributed by atoms with van der Waals surface area (Å²) in [5.41, 5.74) is 0.532. The maximum absolute atomic E-state index is 13.0. The highest BCUT2D eigenvalue weighted by molar-refractivity contribution is 6.31. The molecule has 0 atom stereocenters. The summed E-state index contributed by atoms with van der Waals surface area (Å²) in [5, 5.41) is 2.78. The van der Waals surface area contributed by atoms with Crippen LogP contribution in [0.1, 0.15) is 26.2 Å². The van der Waals surface area contributed by atoms with Gasteiger partial charge in [-0.2, -0.15) is 0 Å². The molecule has 3 nitrogen and oxygen atoms in total. The Balaban J connectivity index is 1.87. The van der Waals surface area contributed by atoms with E-state index in [0.717, 1.165) is 25.4 Å². The Bertz CT molecular complexity index is 477. The molecule has 1 aliphatic carbocycles. The molecule has 1 N–H and O–H groups in total. The molecule has 2 rings (SSSR count). The largest absolute Gasteiger partial charge is 0.325 e. The molecule has 0 unspecified atom stereocenters. The molecule has 5 heteroatoms. The van der Waals surface area contributed by atoms with Gasteiger partial charge in [0.1, 0.15) is 5.82 Å². The van der Waals surface area contributed by atoms with E-state index in [2.05, 4.69) is 17.1 Å². The van der Waals surface area contributed by atoms with Crippen molar-refractivity contribution in [3.05, 3.63) is 29.0 Å². The van der Waals surface area contributed by atoms with Crippen molar-refractivity contribution in [3.63, 3.8) is 0 Å². The summed E-state index contributed by atoms with van der Waals surface area (Å²) in [7, 11) is 0. The second-order valence-corrected chi connectivity index (χ2v) is 5.76. The zero-order chi connectivity index (χ0) is 14.5. The molecule has 20 heavy (non-hydrogen) atoms. The molecule has 1 aliphatic rings. The van der Waals surface area contributed by atoms with E-state index in [1.54, 1.807) is 0 Å². The molecule has 0 saturated heterocycles. The molecule has 0 bridgehead atoms. The second kappa shape index (κ2) is 7.04. The second-order valence-electron chi connectivity index (χ2n) is 5.36. The number of hydrogen-bond acceptors (Lipinski definition) is 2. The van der Waals surface area contributed by atoms with Crippen molar-refractivity contribution in [1.29, 1.82) is 0 Å². The van der Waals surface area contributed by atoms with Crippen LogP contribution in [0.15, 0.2) is 18.2 Å². The number of nitrogens with zero attached hydrogens (tertiary/aromatic N) is 1. The molecule has 1 saturated carbocycles. The van der Waals surface area contributed by atoms with Gasteiger partial charge in [-0.15, -0.1) is 0 Å². The quantitative estimate of drug-likeness (QED) is 0.835. The highest BCUT2D eigenvalue weighted by Crippen LogP contribution is 2.29. The third-order valence-electron chi connectivity index (χ3n) is 3.32. The fourth-order valence-corrected chi connectivity index (χ4v) is 2.37. The van der Waals surface area contributed by atoms with E-state index in [9.17, 15) is 9.18 Å². The Morgan fingerprint density at radius 3 is 2.85 bits per heavy atom. The topological polar surface area (TPSA) is 32.3 Å². The van der Waals surface area contributed by atoms with E-state index in [1.807, 2.05) is 0 Å². The van der Waals surface area contributed by atoms with Crippen molar-refractivity contribution < 1.29 is 9.18 Å². The minimum Gasteiger partial charge on any atom is -0.325 e. The normalized spacial score (nSPS) is 14.6. The fourth-order valence-electron chi connectivity index (χ4n) is 2.19. The van der Waals surface area contributed by atoms with Crippen LogP contribution >= 0.6 is 11.6 Å². The Labute approximate surface area is 124 Å². The van der Waals surface area contributed by atoms with Crippen LogP contribution in [0.4, 0.5) is 10.1 Å². The van der Waals surface area contributed by atoms with Gasteiger partial charge in [-0.1, -0.05) is 18.5 Å². The first kappa shape index (κ1) is 15.3. The van der Waals surface area contributed by atoms with E-state index in [1.165, 1.54) is 31.0 Å². The third-order valence-corrected chi connectivity index (χ3v) is 3.61. The molecule has 1 aromatic rings. The number of halogens is 2. The van der Waals surface area contributed by atoms with E-state index < -0.39 is 5.82 Å². The summed E-state index contributed by atoms with van der Waals surface area (Å²) in [4.78, 5) is 14.2. The van der Waals surface area contributed by atoms with Gasteiger partial charge in [0.25, 0.3) is 0 Å². The van der Waals surface area contributed by atoms with Crippen LogP contribution < -0.4 is 5.32 Å². The number of benzene rings is 1. The average Bonchev–Trinajstić information content (AvgIpc) is 3.18. The van der Waals surface area contributed by atoms with Crippen molar-refractivity contribution in [1.82, 2.24) is 4.90 Å². The number of carbonyl (C=O) groups is 1. The van der Waals surface area contributed by atoms with Crippen LogP contribution in [0, 0.1) is 11.7 Å². The van der Waals surface area contributed by atoms with Gasteiger partial charge in [-0.3, -0.25) is 9.69 Å². The Morgan fingerprint density at radius 1 is 1.50 bits per heavy atom. The zero-order valence-corrected chi connectivity index (χ0v) is 12.4. The lowest BCUT2D eigenvalue weighted by Crippen LogP contribution is -2.35. The Kier molecular flexibility index (Phi) is 5.38. The molecule has 1 amide bonds. The molecule has 0 heterocycles. The molecule has 0 spiro atoms. The third kappa shape index (κ3) is 4.76. The van der Waals surface area contributed by atoms with Gasteiger partial charge in [-0.05, 0) is 49.9 Å². The van der Waals surface area contributed by atoms with E-state index in [-0.39, 0.29) is 10.9 Å². The summed E-state index contributed by atoms with van der Waals surface area (Å²) < 4.78 is 13.0. The maximum Gasteiger partial charge on any atom is 0.238 e. The first-order valence-electron chi connectivity index (χ1n) is 7.05. The first-order valence-corrected chi connectivity index (χ1v) is 7.43.